The Kier molecular flexibility index (Phi) is 5.79. The van der Waals surface area contributed by atoms with Crippen molar-refractivity contribution in [2.45, 2.75) is 51.7 Å². The number of rotatable bonds is 6. The second-order valence-electron chi connectivity index (χ2n) is 9.34. The monoisotopic (exact) mass is 447 g/mol. The number of aliphatic hydroxyl groups is 1. The number of carbonyl (C=O) groups is 1. The number of carboxylic acid groups (broad SMARTS) is 1. The molecule has 0 spiro atoms. The van der Waals surface area contributed by atoms with Crippen molar-refractivity contribution in [2.24, 2.45) is 11.8 Å². The van der Waals surface area contributed by atoms with Crippen LogP contribution in [0.2, 0.25) is 0 Å². The molecule has 1 saturated heterocycles. The minimum absolute atomic E-state index is 0.000297. The predicted octanol–water partition coefficient (Wildman–Crippen LogP) is 3.00. The molecule has 2 atom stereocenters. The van der Waals surface area contributed by atoms with Crippen molar-refractivity contribution < 1.29 is 24.1 Å². The molecule has 0 amide bonds. The molecule has 1 aromatic carbocycles. The lowest BCUT2D eigenvalue weighted by Crippen LogP contribution is -2.44. The summed E-state index contributed by atoms with van der Waals surface area (Å²) in [5.74, 6) is -1.67. The van der Waals surface area contributed by atoms with Gasteiger partial charge in [0.15, 0.2) is 11.6 Å². The Labute approximate surface area is 185 Å². The molecule has 0 radical (unpaired) electrons. The van der Waals surface area contributed by atoms with E-state index in [9.17, 15) is 19.8 Å². The summed E-state index contributed by atoms with van der Waals surface area (Å²) < 4.78 is 23.1. The van der Waals surface area contributed by atoms with Crippen molar-refractivity contribution in [1.82, 2.24) is 4.57 Å². The van der Waals surface area contributed by atoms with Crippen molar-refractivity contribution in [3.05, 3.63) is 27.8 Å². The maximum absolute atomic E-state index is 15.7. The van der Waals surface area contributed by atoms with Crippen LogP contribution >= 0.6 is 0 Å². The maximum atomic E-state index is 15.7. The number of fused-ring (bicyclic) bond motifs is 1. The van der Waals surface area contributed by atoms with Gasteiger partial charge >= 0.3 is 5.97 Å². The molecule has 1 aliphatic heterocycles. The number of piperidine rings is 1. The van der Waals surface area contributed by atoms with Gasteiger partial charge in [0.1, 0.15) is 11.3 Å². The van der Waals surface area contributed by atoms with Crippen LogP contribution in [0.15, 0.2) is 11.0 Å². The van der Waals surface area contributed by atoms with Crippen molar-refractivity contribution in [3.8, 4) is 5.75 Å². The number of nitrogens with zero attached hydrogens (tertiary/aromatic N) is 2. The average Bonchev–Trinajstić information content (AvgIpc) is 3.56. The van der Waals surface area contributed by atoms with E-state index in [1.165, 1.54) is 13.3 Å². The van der Waals surface area contributed by atoms with Gasteiger partial charge in [-0.1, -0.05) is 13.8 Å². The molecule has 1 aromatic heterocycles. The number of aliphatic hydroxyl groups excluding tert-OH is 1. The Morgan fingerprint density at radius 1 is 1.34 bits per heavy atom. The zero-order chi connectivity index (χ0) is 23.3. The fraction of sp³-hybridized carbons (Fsp3) is 0.565. The Morgan fingerprint density at radius 3 is 2.59 bits per heavy atom. The first-order valence-electron chi connectivity index (χ1n) is 11.1. The second-order valence-corrected chi connectivity index (χ2v) is 9.34. The zero-order valence-electron chi connectivity index (χ0n) is 18.6. The summed E-state index contributed by atoms with van der Waals surface area (Å²) in [4.78, 5) is 26.5. The Balaban J connectivity index is 1.96. The lowest BCUT2D eigenvalue weighted by atomic mass is 9.87. The third-order valence-corrected chi connectivity index (χ3v) is 6.54. The van der Waals surface area contributed by atoms with Crippen LogP contribution in [0.5, 0.6) is 5.75 Å². The van der Waals surface area contributed by atoms with Gasteiger partial charge in [0.05, 0.1) is 29.8 Å². The number of methoxy groups -OCH3 is 1. The number of pyridine rings is 1. The molecule has 2 aliphatic rings. The highest BCUT2D eigenvalue weighted by Gasteiger charge is 2.36. The fourth-order valence-electron chi connectivity index (χ4n) is 4.89. The van der Waals surface area contributed by atoms with Crippen molar-refractivity contribution in [1.29, 1.82) is 0 Å². The first kappa shape index (κ1) is 22.4. The number of ether oxygens (including phenoxy) is 1. The number of hydrogen-bond donors (Lipinski definition) is 3. The van der Waals surface area contributed by atoms with Crippen molar-refractivity contribution in [3.63, 3.8) is 0 Å². The summed E-state index contributed by atoms with van der Waals surface area (Å²) in [6.07, 6.45) is 3.75. The molecule has 9 heteroatoms. The number of nitrogens with two attached hydrogens (primary N) is 1. The number of halogens is 1. The lowest BCUT2D eigenvalue weighted by Gasteiger charge is -2.39. The molecule has 4 N–H and O–H groups in total. The molecule has 2 aromatic rings. The smallest absolute Gasteiger partial charge is 0.341 e. The molecule has 0 bridgehead atoms. The van der Waals surface area contributed by atoms with Gasteiger partial charge in [0.25, 0.3) is 0 Å². The van der Waals surface area contributed by atoms with E-state index in [2.05, 4.69) is 13.8 Å². The van der Waals surface area contributed by atoms with Gasteiger partial charge < -0.3 is 30.2 Å². The third-order valence-electron chi connectivity index (χ3n) is 6.54. The number of carboxylic acids is 1. The summed E-state index contributed by atoms with van der Waals surface area (Å²) in [5, 5.41) is 19.8. The van der Waals surface area contributed by atoms with E-state index >= 15 is 4.39 Å². The van der Waals surface area contributed by atoms with Gasteiger partial charge in [-0.05, 0) is 31.6 Å². The van der Waals surface area contributed by atoms with Crippen LogP contribution in [-0.4, -0.2) is 47.1 Å². The van der Waals surface area contributed by atoms with Crippen molar-refractivity contribution in [2.75, 3.05) is 30.8 Å². The SMILES string of the molecule is COc1c(N2CCC(O)C(CC(C)C)C2)c(F)c(N)c2c(=O)c(C(=O)O)cn(C3CC3)c12. The summed E-state index contributed by atoms with van der Waals surface area (Å²) in [7, 11) is 1.41. The molecule has 2 heterocycles. The Morgan fingerprint density at radius 2 is 2.03 bits per heavy atom. The van der Waals surface area contributed by atoms with Crippen LogP contribution in [0.1, 0.15) is 55.9 Å². The average molecular weight is 448 g/mol. The summed E-state index contributed by atoms with van der Waals surface area (Å²) in [6.45, 7) is 5.00. The quantitative estimate of drug-likeness (QED) is 0.583. The molecule has 1 saturated carbocycles. The first-order chi connectivity index (χ1) is 15.1. The number of aromatic nitrogens is 1. The van der Waals surface area contributed by atoms with Gasteiger partial charge in [-0.2, -0.15) is 0 Å². The summed E-state index contributed by atoms with van der Waals surface area (Å²) in [5.41, 5.74) is 4.99. The molecule has 174 valence electrons. The number of benzene rings is 1. The van der Waals surface area contributed by atoms with E-state index in [-0.39, 0.29) is 34.5 Å². The van der Waals surface area contributed by atoms with Crippen molar-refractivity contribution >= 4 is 28.2 Å². The molecular formula is C23H30FN3O5. The largest absolute Gasteiger partial charge is 0.492 e. The van der Waals surface area contributed by atoms with Crippen LogP contribution in [-0.2, 0) is 0 Å². The number of nitrogen functional groups attached to an aromatic ring is 1. The van der Waals surface area contributed by atoms with Crippen LogP contribution in [0.4, 0.5) is 15.8 Å². The molecule has 2 unspecified atom stereocenters. The predicted molar refractivity (Wildman–Crippen MR) is 120 cm³/mol. The van der Waals surface area contributed by atoms with Gasteiger partial charge in [0.2, 0.25) is 5.43 Å². The highest BCUT2D eigenvalue weighted by Crippen LogP contribution is 2.46. The van der Waals surface area contributed by atoms with E-state index in [0.717, 1.165) is 19.3 Å². The topological polar surface area (TPSA) is 118 Å². The zero-order valence-corrected chi connectivity index (χ0v) is 18.6. The molecule has 1 aliphatic carbocycles. The molecule has 32 heavy (non-hydrogen) atoms. The lowest BCUT2D eigenvalue weighted by molar-refractivity contribution is 0.0694. The Hall–Kier alpha value is -2.81. The first-order valence-corrected chi connectivity index (χ1v) is 11.1. The normalized spacial score (nSPS) is 21.4. The standard InChI is InChI=1S/C23H30FN3O5/c1-11(2)8-12-9-26(7-6-15(12)28)20-17(24)18(25)16-19(22(20)32-3)27(13-4-5-13)10-14(21(16)29)23(30)31/h10-13,15,28H,4-9,25H2,1-3H3,(H,30,31). The van der Waals surface area contributed by atoms with Gasteiger partial charge in [-0.25, -0.2) is 9.18 Å². The van der Waals surface area contributed by atoms with Crippen LogP contribution < -0.4 is 20.8 Å². The summed E-state index contributed by atoms with van der Waals surface area (Å²) in [6, 6.07) is -0.000297. The minimum atomic E-state index is -1.38. The Bertz CT molecular complexity index is 1130. The van der Waals surface area contributed by atoms with Crippen LogP contribution in [0.3, 0.4) is 0 Å². The number of hydrogen-bond acceptors (Lipinski definition) is 6. The molecular weight excluding hydrogens is 417 g/mol. The van der Waals surface area contributed by atoms with E-state index in [1.54, 1.807) is 4.57 Å². The number of aromatic carboxylic acids is 1. The maximum Gasteiger partial charge on any atom is 0.341 e. The van der Waals surface area contributed by atoms with Gasteiger partial charge in [-0.3, -0.25) is 4.79 Å². The van der Waals surface area contributed by atoms with Gasteiger partial charge in [0, 0.05) is 31.2 Å². The second kappa shape index (κ2) is 8.27. The highest BCUT2D eigenvalue weighted by molar-refractivity contribution is 6.03. The van der Waals surface area contributed by atoms with Crippen LogP contribution in [0, 0.1) is 17.7 Å². The minimum Gasteiger partial charge on any atom is -0.492 e. The van der Waals surface area contributed by atoms with E-state index in [1.807, 2.05) is 4.90 Å². The molecule has 2 fully saturated rings. The van der Waals surface area contributed by atoms with Gasteiger partial charge in [-0.15, -0.1) is 0 Å². The van der Waals surface area contributed by atoms with Crippen LogP contribution in [0.25, 0.3) is 10.9 Å². The fourth-order valence-corrected chi connectivity index (χ4v) is 4.89. The number of anilines is 2. The summed E-state index contributed by atoms with van der Waals surface area (Å²) >= 11 is 0. The van der Waals surface area contributed by atoms with E-state index in [0.29, 0.717) is 30.9 Å². The van der Waals surface area contributed by atoms with E-state index in [4.69, 9.17) is 10.5 Å². The third kappa shape index (κ3) is 3.68. The molecule has 8 nitrogen and oxygen atoms in total. The highest BCUT2D eigenvalue weighted by atomic mass is 19.1. The van der Waals surface area contributed by atoms with E-state index < -0.39 is 28.9 Å². The molecule has 4 rings (SSSR count).